The van der Waals surface area contributed by atoms with Crippen LogP contribution >= 0.6 is 0 Å². The van der Waals surface area contributed by atoms with Gasteiger partial charge in [0.25, 0.3) is 0 Å². The third-order valence-electron chi connectivity index (χ3n) is 16.3. The second-order valence-corrected chi connectivity index (χ2v) is 19.9. The predicted octanol–water partition coefficient (Wildman–Crippen LogP) is 14.4. The standard InChI is InChI=1S/C65H52N4O/c1-5-19-42(20-6-1)46-27-13-14-32-54(46)66(44-23-9-3-10-24-44)55-33-17-35-57-62(55)50-30-15-28-48-52-40-60-53(39-59(52)68(57)64(48)50)49-29-16-31-51-63-56(34-18-36-58(63)69(60)65(49)51)67(45-25-11-4-12-26-45)61-41-70-38-37-47(61)43-21-7-2-8-22-43/h1-9,11,13-17,19-23,25,27-31,33,36-41,47,54,57H,10,12,18,24,26,32,34-35H2. The molecule has 0 radical (unpaired) electrons. The highest BCUT2D eigenvalue weighted by Crippen LogP contribution is 2.53. The van der Waals surface area contributed by atoms with Crippen molar-refractivity contribution in [1.82, 2.24) is 18.8 Å². The fourth-order valence-corrected chi connectivity index (χ4v) is 13.4. The Kier molecular flexibility index (Phi) is 8.99. The highest BCUT2D eigenvalue weighted by molar-refractivity contribution is 6.22. The molecule has 2 aliphatic heterocycles. The van der Waals surface area contributed by atoms with E-state index in [-0.39, 0.29) is 18.0 Å². The lowest BCUT2D eigenvalue weighted by atomic mass is 9.86. The zero-order chi connectivity index (χ0) is 45.9. The third kappa shape index (κ3) is 5.78. The Labute approximate surface area is 407 Å². The molecule has 5 aromatic carbocycles. The normalized spacial score (nSPS) is 21.3. The first-order chi connectivity index (χ1) is 34.8. The van der Waals surface area contributed by atoms with E-state index in [1.54, 1.807) is 0 Å². The molecule has 5 heterocycles. The molecule has 5 nitrogen and oxygen atoms in total. The summed E-state index contributed by atoms with van der Waals surface area (Å²) in [7, 11) is 0. The van der Waals surface area contributed by atoms with Gasteiger partial charge in [-0.1, -0.05) is 152 Å². The number of rotatable bonds is 8. The van der Waals surface area contributed by atoms with E-state index in [0.717, 1.165) is 51.4 Å². The second-order valence-electron chi connectivity index (χ2n) is 19.9. The monoisotopic (exact) mass is 904 g/mol. The number of ether oxygens (including phenoxy) is 1. The molecule has 15 rings (SSSR count). The molecule has 0 saturated heterocycles. The van der Waals surface area contributed by atoms with Gasteiger partial charge >= 0.3 is 0 Å². The van der Waals surface area contributed by atoms with E-state index in [2.05, 4.69) is 207 Å². The molecule has 0 bridgehead atoms. The zero-order valence-electron chi connectivity index (χ0n) is 39.1. The molecule has 70 heavy (non-hydrogen) atoms. The number of hydrogen-bond acceptors (Lipinski definition) is 3. The minimum Gasteiger partial charge on any atom is -0.471 e. The molecule has 0 N–H and O–H groups in total. The van der Waals surface area contributed by atoms with Gasteiger partial charge in [0.1, 0.15) is 6.26 Å². The SMILES string of the molecule is C1=CCCC(N(C2=COC=CC2c2ccccc2)C2=c3c(n4c5cc6c7cccc8c7n(c6cc5c5cccc3c54)C3CC=CC(N(C4=CC=CCC4)C4CC=CC=C4c4ccccc4)=C83)=CCC2)=C1. The van der Waals surface area contributed by atoms with Crippen LogP contribution in [0.15, 0.2) is 217 Å². The number of aromatic nitrogens is 2. The van der Waals surface area contributed by atoms with Crippen LogP contribution in [0.25, 0.3) is 71.9 Å². The van der Waals surface area contributed by atoms with Gasteiger partial charge in [0.15, 0.2) is 0 Å². The average Bonchev–Trinajstić information content (AvgIpc) is 4.16. The van der Waals surface area contributed by atoms with Crippen LogP contribution in [0.4, 0.5) is 0 Å². The van der Waals surface area contributed by atoms with E-state index in [1.807, 2.05) is 12.5 Å². The van der Waals surface area contributed by atoms with Gasteiger partial charge in [-0.3, -0.25) is 0 Å². The number of hydrogen-bond donors (Lipinski definition) is 0. The number of nitrogens with zero attached hydrogens (tertiary/aromatic N) is 4. The molecule has 0 amide bonds. The number of fused-ring (bicyclic) bond motifs is 12. The lowest BCUT2D eigenvalue weighted by Gasteiger charge is -2.41. The Bertz CT molecular complexity index is 3990. The summed E-state index contributed by atoms with van der Waals surface area (Å²) < 4.78 is 11.4. The maximum atomic E-state index is 6.10. The molecule has 3 unspecified atom stereocenters. The van der Waals surface area contributed by atoms with Crippen molar-refractivity contribution in [2.75, 3.05) is 0 Å². The predicted molar refractivity (Wildman–Crippen MR) is 289 cm³/mol. The zero-order valence-corrected chi connectivity index (χ0v) is 39.1. The van der Waals surface area contributed by atoms with Crippen LogP contribution in [-0.2, 0) is 4.74 Å². The molecule has 5 heteroatoms. The minimum atomic E-state index is 0.0684. The molecule has 0 fully saturated rings. The van der Waals surface area contributed by atoms with Crippen molar-refractivity contribution < 1.29 is 4.74 Å². The quantitative estimate of drug-likeness (QED) is 0.152. The van der Waals surface area contributed by atoms with Crippen LogP contribution in [0.1, 0.15) is 80.0 Å². The van der Waals surface area contributed by atoms with Crippen molar-refractivity contribution >= 4 is 71.9 Å². The van der Waals surface area contributed by atoms with Crippen LogP contribution in [-0.4, -0.2) is 24.8 Å². The largest absolute Gasteiger partial charge is 0.471 e. The molecule has 5 aliphatic carbocycles. The summed E-state index contributed by atoms with van der Waals surface area (Å²) in [6.07, 6.45) is 42.2. The highest BCUT2D eigenvalue weighted by atomic mass is 16.5. The summed E-state index contributed by atoms with van der Waals surface area (Å²) in [5, 5.41) is 9.29. The van der Waals surface area contributed by atoms with Crippen molar-refractivity contribution in [2.45, 2.75) is 69.4 Å². The van der Waals surface area contributed by atoms with Gasteiger partial charge in [-0.05, 0) is 105 Å². The van der Waals surface area contributed by atoms with Crippen molar-refractivity contribution in [1.29, 1.82) is 0 Å². The third-order valence-corrected chi connectivity index (χ3v) is 16.3. The summed E-state index contributed by atoms with van der Waals surface area (Å²) in [5.41, 5.74) is 18.7. The van der Waals surface area contributed by atoms with Gasteiger partial charge < -0.3 is 23.5 Å². The smallest absolute Gasteiger partial charge is 0.111 e. The first-order valence-corrected chi connectivity index (χ1v) is 25.5. The van der Waals surface area contributed by atoms with Gasteiger partial charge in [0.2, 0.25) is 0 Å². The second kappa shape index (κ2) is 15.8. The molecule has 7 aliphatic rings. The maximum absolute atomic E-state index is 6.10. The van der Waals surface area contributed by atoms with Crippen molar-refractivity contribution in [2.24, 2.45) is 0 Å². The molecular weight excluding hydrogens is 853 g/mol. The molecule has 0 spiro atoms. The number of benzene rings is 5. The summed E-state index contributed by atoms with van der Waals surface area (Å²) in [4.78, 5) is 5.32. The first-order valence-electron chi connectivity index (χ1n) is 25.5. The average molecular weight is 905 g/mol. The van der Waals surface area contributed by atoms with E-state index in [1.165, 1.54) is 116 Å². The number of allylic oxidation sites excluding steroid dienone is 14. The Morgan fingerprint density at radius 2 is 1.36 bits per heavy atom. The first kappa shape index (κ1) is 39.9. The summed E-state index contributed by atoms with van der Waals surface area (Å²) in [5.74, 6) is 0.0684. The van der Waals surface area contributed by atoms with E-state index < -0.39 is 0 Å². The van der Waals surface area contributed by atoms with Crippen LogP contribution in [0.3, 0.4) is 0 Å². The topological polar surface area (TPSA) is 25.1 Å². The maximum Gasteiger partial charge on any atom is 0.111 e. The van der Waals surface area contributed by atoms with Crippen LogP contribution < -0.4 is 10.6 Å². The molecule has 338 valence electrons. The Hall–Kier alpha value is -8.02. The lowest BCUT2D eigenvalue weighted by Crippen LogP contribution is -2.38. The Balaban J connectivity index is 0.940. The molecule has 8 aromatic rings. The van der Waals surface area contributed by atoms with Crippen LogP contribution in [0, 0.1) is 0 Å². The van der Waals surface area contributed by atoms with Crippen LogP contribution in [0.5, 0.6) is 0 Å². The Morgan fingerprint density at radius 3 is 2.19 bits per heavy atom. The molecule has 0 saturated carbocycles. The van der Waals surface area contributed by atoms with Crippen molar-refractivity contribution in [3.8, 4) is 0 Å². The fraction of sp³-hybridized carbons (Fsp3) is 0.169. The Morgan fingerprint density at radius 1 is 0.614 bits per heavy atom. The fourth-order valence-electron chi connectivity index (χ4n) is 13.4. The van der Waals surface area contributed by atoms with E-state index in [4.69, 9.17) is 4.74 Å². The van der Waals surface area contributed by atoms with E-state index in [0.29, 0.717) is 0 Å². The summed E-state index contributed by atoms with van der Waals surface area (Å²) in [6, 6.07) is 41.6. The van der Waals surface area contributed by atoms with E-state index in [9.17, 15) is 0 Å². The summed E-state index contributed by atoms with van der Waals surface area (Å²) in [6.45, 7) is 0. The number of para-hydroxylation sites is 2. The van der Waals surface area contributed by atoms with Crippen LogP contribution in [0.2, 0.25) is 0 Å². The van der Waals surface area contributed by atoms with Gasteiger partial charge in [-0.2, -0.15) is 0 Å². The van der Waals surface area contributed by atoms with Gasteiger partial charge in [-0.15, -0.1) is 0 Å². The van der Waals surface area contributed by atoms with Gasteiger partial charge in [-0.25, -0.2) is 0 Å². The molecule has 3 atom stereocenters. The molecular formula is C65H52N4O. The van der Waals surface area contributed by atoms with Gasteiger partial charge in [0.05, 0.1) is 51.5 Å². The minimum absolute atomic E-state index is 0.0684. The lowest BCUT2D eigenvalue weighted by molar-refractivity contribution is 0.356. The van der Waals surface area contributed by atoms with Gasteiger partial charge in [0, 0.05) is 72.0 Å². The van der Waals surface area contributed by atoms with Crippen molar-refractivity contribution in [3.63, 3.8) is 0 Å². The summed E-state index contributed by atoms with van der Waals surface area (Å²) >= 11 is 0. The van der Waals surface area contributed by atoms with Crippen molar-refractivity contribution in [3.05, 3.63) is 245 Å². The van der Waals surface area contributed by atoms with E-state index >= 15 is 0 Å². The molecule has 3 aromatic heterocycles. The highest BCUT2D eigenvalue weighted by Gasteiger charge is 2.39.